The van der Waals surface area contributed by atoms with Crippen LogP contribution in [0.3, 0.4) is 0 Å². The van der Waals surface area contributed by atoms with Crippen molar-refractivity contribution in [3.8, 4) is 6.07 Å². The molecule has 0 saturated carbocycles. The van der Waals surface area contributed by atoms with Gasteiger partial charge < -0.3 is 5.32 Å². The second-order valence-corrected chi connectivity index (χ2v) is 7.58. The van der Waals surface area contributed by atoms with Gasteiger partial charge in [0, 0.05) is 28.5 Å². The average molecular weight is 394 g/mol. The lowest BCUT2D eigenvalue weighted by Crippen LogP contribution is -2.27. The number of carbonyl (C=O) groups excluding carboxylic acids is 1. The van der Waals surface area contributed by atoms with Crippen LogP contribution in [0.15, 0.2) is 35.1 Å². The number of nitriles is 1. The van der Waals surface area contributed by atoms with Gasteiger partial charge in [-0.2, -0.15) is 5.26 Å². The van der Waals surface area contributed by atoms with Crippen molar-refractivity contribution in [1.29, 1.82) is 5.26 Å². The minimum absolute atomic E-state index is 0.0890. The summed E-state index contributed by atoms with van der Waals surface area (Å²) in [6.45, 7) is -0.249. The van der Waals surface area contributed by atoms with Crippen LogP contribution in [0.1, 0.15) is 22.4 Å². The van der Waals surface area contributed by atoms with E-state index in [-0.39, 0.29) is 17.8 Å². The Kier molecular flexibility index (Phi) is 4.41. The molecular formula is C19H14N4O4S. The van der Waals surface area contributed by atoms with Crippen molar-refractivity contribution in [1.82, 2.24) is 4.57 Å². The summed E-state index contributed by atoms with van der Waals surface area (Å²) in [5.41, 5.74) is 1.48. The zero-order chi connectivity index (χ0) is 19.8. The number of aryl methyl sites for hydroxylation is 1. The molecule has 0 fully saturated rings. The molecule has 0 atom stereocenters. The van der Waals surface area contributed by atoms with E-state index >= 15 is 0 Å². The van der Waals surface area contributed by atoms with Crippen molar-refractivity contribution in [3.05, 3.63) is 66.8 Å². The molecule has 0 radical (unpaired) electrons. The highest BCUT2D eigenvalue weighted by Crippen LogP contribution is 2.38. The zero-order valence-electron chi connectivity index (χ0n) is 14.6. The Bertz CT molecular complexity index is 1240. The van der Waals surface area contributed by atoms with Gasteiger partial charge in [-0.1, -0.05) is 0 Å². The Morgan fingerprint density at radius 3 is 2.89 bits per heavy atom. The number of aromatic nitrogens is 1. The van der Waals surface area contributed by atoms with Gasteiger partial charge in [0.05, 0.1) is 16.0 Å². The fourth-order valence-electron chi connectivity index (χ4n) is 3.49. The van der Waals surface area contributed by atoms with E-state index < -0.39 is 10.8 Å². The van der Waals surface area contributed by atoms with Crippen LogP contribution in [-0.4, -0.2) is 15.4 Å². The Balaban J connectivity index is 1.64. The first-order valence-corrected chi connectivity index (χ1v) is 9.42. The average Bonchev–Trinajstić information content (AvgIpc) is 3.24. The van der Waals surface area contributed by atoms with Gasteiger partial charge in [0.25, 0.3) is 11.2 Å². The van der Waals surface area contributed by atoms with Crippen LogP contribution in [0.4, 0.5) is 10.7 Å². The number of non-ortho nitro benzene ring substituents is 1. The largest absolute Gasteiger partial charge is 0.315 e. The summed E-state index contributed by atoms with van der Waals surface area (Å²) in [6.07, 6.45) is 2.76. The third-order valence-corrected chi connectivity index (χ3v) is 5.98. The van der Waals surface area contributed by atoms with Gasteiger partial charge >= 0.3 is 0 Å². The Labute approximate surface area is 162 Å². The molecule has 8 nitrogen and oxygen atoms in total. The third kappa shape index (κ3) is 3.04. The number of nitrogens with one attached hydrogen (secondary N) is 1. The predicted molar refractivity (Wildman–Crippen MR) is 105 cm³/mol. The fraction of sp³-hybridized carbons (Fsp3) is 0.211. The molecule has 140 valence electrons. The molecule has 1 aromatic carbocycles. The number of fused-ring (bicyclic) bond motifs is 2. The van der Waals surface area contributed by atoms with E-state index in [1.807, 2.05) is 0 Å². The maximum atomic E-state index is 12.6. The lowest BCUT2D eigenvalue weighted by atomic mass is 10.1. The molecule has 0 aliphatic heterocycles. The van der Waals surface area contributed by atoms with E-state index in [1.54, 1.807) is 0 Å². The molecule has 3 aromatic rings. The third-order valence-electron chi connectivity index (χ3n) is 4.77. The first kappa shape index (κ1) is 17.9. The summed E-state index contributed by atoms with van der Waals surface area (Å²) < 4.78 is 1.27. The molecular weight excluding hydrogens is 380 g/mol. The number of rotatable bonds is 4. The van der Waals surface area contributed by atoms with E-state index in [1.165, 1.54) is 46.2 Å². The number of hydrogen-bond acceptors (Lipinski definition) is 6. The number of hydrogen-bond donors (Lipinski definition) is 1. The van der Waals surface area contributed by atoms with Crippen molar-refractivity contribution in [2.45, 2.75) is 25.8 Å². The van der Waals surface area contributed by atoms with Crippen molar-refractivity contribution in [2.75, 3.05) is 5.32 Å². The van der Waals surface area contributed by atoms with E-state index in [2.05, 4.69) is 11.4 Å². The molecule has 1 aliphatic carbocycles. The van der Waals surface area contributed by atoms with Crippen molar-refractivity contribution in [2.24, 2.45) is 0 Å². The highest BCUT2D eigenvalue weighted by atomic mass is 32.1. The molecule has 4 rings (SSSR count). The van der Waals surface area contributed by atoms with Crippen LogP contribution >= 0.6 is 11.3 Å². The fourth-order valence-corrected chi connectivity index (χ4v) is 4.74. The SMILES string of the molecule is N#Cc1c(NC(=O)Cn2c(=O)ccc3cc([N+](=O)[O-])ccc32)sc2c1CCC2. The van der Waals surface area contributed by atoms with Crippen LogP contribution in [0.25, 0.3) is 10.9 Å². The maximum Gasteiger partial charge on any atom is 0.270 e. The molecule has 2 aromatic heterocycles. The second-order valence-electron chi connectivity index (χ2n) is 6.48. The van der Waals surface area contributed by atoms with Crippen LogP contribution in [-0.2, 0) is 24.2 Å². The number of pyridine rings is 1. The number of nitro groups is 1. The summed E-state index contributed by atoms with van der Waals surface area (Å²) in [6, 6.07) is 9.06. The second kappa shape index (κ2) is 6.90. The number of anilines is 1. The summed E-state index contributed by atoms with van der Waals surface area (Å²) in [4.78, 5) is 36.4. The van der Waals surface area contributed by atoms with E-state index in [4.69, 9.17) is 0 Å². The van der Waals surface area contributed by atoms with E-state index in [0.717, 1.165) is 29.7 Å². The van der Waals surface area contributed by atoms with E-state index in [9.17, 15) is 25.0 Å². The highest BCUT2D eigenvalue weighted by Gasteiger charge is 2.23. The highest BCUT2D eigenvalue weighted by molar-refractivity contribution is 7.16. The zero-order valence-corrected chi connectivity index (χ0v) is 15.4. The van der Waals surface area contributed by atoms with Gasteiger partial charge in [-0.3, -0.25) is 24.3 Å². The molecule has 28 heavy (non-hydrogen) atoms. The van der Waals surface area contributed by atoms with Gasteiger partial charge in [-0.05, 0) is 37.0 Å². The smallest absolute Gasteiger partial charge is 0.270 e. The minimum atomic E-state index is -0.513. The van der Waals surface area contributed by atoms with Crippen molar-refractivity contribution >= 4 is 38.8 Å². The lowest BCUT2D eigenvalue weighted by Gasteiger charge is -2.10. The van der Waals surface area contributed by atoms with Gasteiger partial charge in [-0.25, -0.2) is 0 Å². The molecule has 1 N–H and O–H groups in total. The summed E-state index contributed by atoms with van der Waals surface area (Å²) in [5.74, 6) is -0.427. The van der Waals surface area contributed by atoms with Crippen LogP contribution in [0, 0.1) is 21.4 Å². The number of benzene rings is 1. The monoisotopic (exact) mass is 394 g/mol. The molecule has 0 spiro atoms. The van der Waals surface area contributed by atoms with Gasteiger partial charge in [-0.15, -0.1) is 11.3 Å². The lowest BCUT2D eigenvalue weighted by molar-refractivity contribution is -0.384. The first-order chi connectivity index (χ1) is 13.5. The topological polar surface area (TPSA) is 118 Å². The predicted octanol–water partition coefficient (Wildman–Crippen LogP) is 2.97. The molecule has 9 heteroatoms. The Morgan fingerprint density at radius 1 is 1.32 bits per heavy atom. The summed E-state index contributed by atoms with van der Waals surface area (Å²) in [7, 11) is 0. The van der Waals surface area contributed by atoms with Gasteiger partial charge in [0.15, 0.2) is 0 Å². The molecule has 2 heterocycles. The number of thiophene rings is 1. The Morgan fingerprint density at radius 2 is 2.14 bits per heavy atom. The molecule has 0 bridgehead atoms. The normalized spacial score (nSPS) is 12.5. The maximum absolute atomic E-state index is 12.6. The summed E-state index contributed by atoms with van der Waals surface area (Å²) >= 11 is 1.41. The first-order valence-electron chi connectivity index (χ1n) is 8.60. The number of carbonyl (C=O) groups is 1. The Hall–Kier alpha value is -3.51. The minimum Gasteiger partial charge on any atom is -0.315 e. The van der Waals surface area contributed by atoms with Crippen molar-refractivity contribution in [3.63, 3.8) is 0 Å². The standard InChI is InChI=1S/C19H14N4O4S/c20-9-14-13-2-1-3-16(13)28-19(14)21-17(24)10-22-15-6-5-12(23(26)27)8-11(15)4-7-18(22)25/h4-8H,1-3,10H2,(H,21,24). The molecule has 1 aliphatic rings. The van der Waals surface area contributed by atoms with Gasteiger partial charge in [0.1, 0.15) is 17.6 Å². The quantitative estimate of drug-likeness (QED) is 0.539. The number of amides is 1. The molecule has 0 unspecified atom stereocenters. The van der Waals surface area contributed by atoms with Crippen LogP contribution in [0.2, 0.25) is 0 Å². The number of nitro benzene ring substituents is 1. The summed E-state index contributed by atoms with van der Waals surface area (Å²) in [5, 5.41) is 24.1. The van der Waals surface area contributed by atoms with Crippen molar-refractivity contribution < 1.29 is 9.72 Å². The van der Waals surface area contributed by atoms with Crippen LogP contribution < -0.4 is 10.9 Å². The van der Waals surface area contributed by atoms with Gasteiger partial charge in [0.2, 0.25) is 5.91 Å². The van der Waals surface area contributed by atoms with Crippen LogP contribution in [0.5, 0.6) is 0 Å². The number of nitrogens with zero attached hydrogens (tertiary/aromatic N) is 3. The van der Waals surface area contributed by atoms with E-state index in [0.29, 0.717) is 21.5 Å². The molecule has 1 amide bonds. The molecule has 0 saturated heterocycles.